The summed E-state index contributed by atoms with van der Waals surface area (Å²) < 4.78 is 0. The Morgan fingerprint density at radius 1 is 1.44 bits per heavy atom. The number of H-pyrrole nitrogens is 2. The van der Waals surface area contributed by atoms with Gasteiger partial charge in [0.2, 0.25) is 0 Å². The second kappa shape index (κ2) is 4.82. The summed E-state index contributed by atoms with van der Waals surface area (Å²) in [5.74, 6) is 0.0899. The van der Waals surface area contributed by atoms with Gasteiger partial charge in [0.25, 0.3) is 11.5 Å². The van der Waals surface area contributed by atoms with Gasteiger partial charge in [0.05, 0.1) is 6.04 Å². The lowest BCUT2D eigenvalue weighted by molar-refractivity contribution is 0.0937. The zero-order chi connectivity index (χ0) is 13.1. The number of nitrogens with zero attached hydrogens (tertiary/aromatic N) is 2. The van der Waals surface area contributed by atoms with Crippen LogP contribution < -0.4 is 10.9 Å². The van der Waals surface area contributed by atoms with Crippen LogP contribution in [-0.2, 0) is 0 Å². The predicted molar refractivity (Wildman–Crippen MR) is 64.1 cm³/mol. The van der Waals surface area contributed by atoms with Crippen molar-refractivity contribution < 1.29 is 4.79 Å². The summed E-state index contributed by atoms with van der Waals surface area (Å²) in [6, 6.07) is 2.83. The molecule has 1 amide bonds. The minimum atomic E-state index is -0.444. The van der Waals surface area contributed by atoms with Crippen molar-refractivity contribution in [3.8, 4) is 0 Å². The third-order valence-corrected chi connectivity index (χ3v) is 2.49. The SMILES string of the molecule is Cc1ccc(C(=O)NC(C)c2ncn[nH]2)c(=O)[nH]1. The van der Waals surface area contributed by atoms with Crippen LogP contribution in [0.2, 0.25) is 0 Å². The highest BCUT2D eigenvalue weighted by molar-refractivity contribution is 5.93. The van der Waals surface area contributed by atoms with E-state index in [4.69, 9.17) is 0 Å². The van der Waals surface area contributed by atoms with Gasteiger partial charge in [-0.15, -0.1) is 0 Å². The van der Waals surface area contributed by atoms with Gasteiger partial charge in [-0.25, -0.2) is 4.98 Å². The van der Waals surface area contributed by atoms with Gasteiger partial charge in [-0.1, -0.05) is 0 Å². The molecule has 0 radical (unpaired) electrons. The van der Waals surface area contributed by atoms with Crippen LogP contribution in [0.1, 0.15) is 34.8 Å². The van der Waals surface area contributed by atoms with Crippen LogP contribution in [0.5, 0.6) is 0 Å². The molecule has 0 aromatic carbocycles. The van der Waals surface area contributed by atoms with Crippen molar-refractivity contribution in [3.05, 3.63) is 45.9 Å². The molecule has 2 aromatic rings. The number of aryl methyl sites for hydroxylation is 1. The Bertz CT molecular complexity index is 602. The summed E-state index contributed by atoms with van der Waals surface area (Å²) >= 11 is 0. The van der Waals surface area contributed by atoms with Crippen LogP contribution in [-0.4, -0.2) is 26.1 Å². The highest BCUT2D eigenvalue weighted by atomic mass is 16.2. The molecule has 2 heterocycles. The van der Waals surface area contributed by atoms with E-state index in [1.54, 1.807) is 19.9 Å². The number of pyridine rings is 1. The monoisotopic (exact) mass is 247 g/mol. The molecule has 0 aliphatic rings. The number of carbonyl (C=O) groups is 1. The van der Waals surface area contributed by atoms with E-state index in [0.29, 0.717) is 11.5 Å². The number of aromatic nitrogens is 4. The fourth-order valence-electron chi connectivity index (χ4n) is 1.52. The van der Waals surface area contributed by atoms with Gasteiger partial charge in [-0.2, -0.15) is 5.10 Å². The Balaban J connectivity index is 2.15. The van der Waals surface area contributed by atoms with Crippen LogP contribution in [0.15, 0.2) is 23.3 Å². The van der Waals surface area contributed by atoms with Crippen molar-refractivity contribution in [2.24, 2.45) is 0 Å². The van der Waals surface area contributed by atoms with Crippen molar-refractivity contribution in [2.45, 2.75) is 19.9 Å². The van der Waals surface area contributed by atoms with E-state index < -0.39 is 11.5 Å². The molecule has 2 aromatic heterocycles. The van der Waals surface area contributed by atoms with E-state index in [1.807, 2.05) is 0 Å². The number of rotatable bonds is 3. The van der Waals surface area contributed by atoms with Gasteiger partial charge >= 0.3 is 0 Å². The van der Waals surface area contributed by atoms with Crippen molar-refractivity contribution in [2.75, 3.05) is 0 Å². The van der Waals surface area contributed by atoms with Crippen LogP contribution in [0.4, 0.5) is 0 Å². The molecule has 2 rings (SSSR count). The number of carbonyl (C=O) groups excluding carboxylic acids is 1. The molecule has 7 heteroatoms. The highest BCUT2D eigenvalue weighted by Gasteiger charge is 2.15. The second-order valence-electron chi connectivity index (χ2n) is 3.95. The summed E-state index contributed by atoms with van der Waals surface area (Å²) in [6.07, 6.45) is 1.36. The molecule has 0 spiro atoms. The van der Waals surface area contributed by atoms with Crippen LogP contribution in [0.3, 0.4) is 0 Å². The normalized spacial score (nSPS) is 12.1. The fraction of sp³-hybridized carbons (Fsp3) is 0.273. The summed E-state index contributed by atoms with van der Waals surface area (Å²) in [6.45, 7) is 3.50. The fourth-order valence-corrected chi connectivity index (χ4v) is 1.52. The average molecular weight is 247 g/mol. The minimum absolute atomic E-state index is 0.0759. The first-order valence-electron chi connectivity index (χ1n) is 5.44. The Labute approximate surface area is 103 Å². The standard InChI is InChI=1S/C11H13N5O2/c1-6-3-4-8(10(17)14-6)11(18)15-7(2)9-12-5-13-16-9/h3-5,7H,1-2H3,(H,14,17)(H,15,18)(H,12,13,16). The van der Waals surface area contributed by atoms with Gasteiger partial charge < -0.3 is 10.3 Å². The molecule has 0 bridgehead atoms. The topological polar surface area (TPSA) is 104 Å². The number of aromatic amines is 2. The molecule has 0 saturated heterocycles. The molecule has 0 saturated carbocycles. The third kappa shape index (κ3) is 2.45. The highest BCUT2D eigenvalue weighted by Crippen LogP contribution is 2.05. The molecule has 3 N–H and O–H groups in total. The molecular weight excluding hydrogens is 234 g/mol. The average Bonchev–Trinajstić information content (AvgIpc) is 2.81. The number of hydrogen-bond acceptors (Lipinski definition) is 4. The van der Waals surface area contributed by atoms with E-state index in [9.17, 15) is 9.59 Å². The maximum absolute atomic E-state index is 11.9. The van der Waals surface area contributed by atoms with Gasteiger partial charge in [0.1, 0.15) is 17.7 Å². The number of hydrogen-bond donors (Lipinski definition) is 3. The summed E-state index contributed by atoms with van der Waals surface area (Å²) in [4.78, 5) is 30.0. The molecule has 0 aliphatic carbocycles. The maximum Gasteiger partial charge on any atom is 0.260 e. The molecule has 7 nitrogen and oxygen atoms in total. The molecule has 94 valence electrons. The Kier molecular flexibility index (Phi) is 3.22. The Hall–Kier alpha value is -2.44. The Morgan fingerprint density at radius 3 is 2.83 bits per heavy atom. The van der Waals surface area contributed by atoms with E-state index in [0.717, 1.165) is 0 Å². The van der Waals surface area contributed by atoms with Crippen molar-refractivity contribution in [1.82, 2.24) is 25.5 Å². The van der Waals surface area contributed by atoms with Crippen LogP contribution in [0.25, 0.3) is 0 Å². The first-order valence-corrected chi connectivity index (χ1v) is 5.44. The smallest absolute Gasteiger partial charge is 0.260 e. The second-order valence-corrected chi connectivity index (χ2v) is 3.95. The van der Waals surface area contributed by atoms with Gasteiger partial charge in [0, 0.05) is 5.69 Å². The molecule has 1 atom stereocenters. The van der Waals surface area contributed by atoms with Gasteiger partial charge in [-0.05, 0) is 26.0 Å². The van der Waals surface area contributed by atoms with Crippen molar-refractivity contribution in [1.29, 1.82) is 0 Å². The summed E-state index contributed by atoms with van der Waals surface area (Å²) in [7, 11) is 0. The van der Waals surface area contributed by atoms with Gasteiger partial charge in [-0.3, -0.25) is 14.7 Å². The molecular formula is C11H13N5O2. The van der Waals surface area contributed by atoms with Crippen LogP contribution >= 0.6 is 0 Å². The summed E-state index contributed by atoms with van der Waals surface area (Å²) in [5.41, 5.74) is 0.379. The summed E-state index contributed by atoms with van der Waals surface area (Å²) in [5, 5.41) is 9.02. The maximum atomic E-state index is 11.9. The number of nitrogens with one attached hydrogen (secondary N) is 3. The number of amides is 1. The van der Waals surface area contributed by atoms with E-state index in [2.05, 4.69) is 25.5 Å². The molecule has 18 heavy (non-hydrogen) atoms. The van der Waals surface area contributed by atoms with E-state index >= 15 is 0 Å². The molecule has 1 unspecified atom stereocenters. The molecule has 0 aliphatic heterocycles. The first-order chi connectivity index (χ1) is 8.58. The largest absolute Gasteiger partial charge is 0.342 e. The zero-order valence-electron chi connectivity index (χ0n) is 10.0. The lowest BCUT2D eigenvalue weighted by Gasteiger charge is -2.10. The Morgan fingerprint density at radius 2 is 2.22 bits per heavy atom. The van der Waals surface area contributed by atoms with Crippen molar-refractivity contribution in [3.63, 3.8) is 0 Å². The predicted octanol–water partition coefficient (Wildman–Crippen LogP) is 0.292. The first kappa shape index (κ1) is 12.0. The van der Waals surface area contributed by atoms with Crippen molar-refractivity contribution >= 4 is 5.91 Å². The zero-order valence-corrected chi connectivity index (χ0v) is 10.0. The quantitative estimate of drug-likeness (QED) is 0.725. The van der Waals surface area contributed by atoms with Crippen LogP contribution in [0, 0.1) is 6.92 Å². The lowest BCUT2D eigenvalue weighted by Crippen LogP contribution is -2.32. The molecule has 0 fully saturated rings. The third-order valence-electron chi connectivity index (χ3n) is 2.49. The van der Waals surface area contributed by atoms with Gasteiger partial charge in [0.15, 0.2) is 0 Å². The minimum Gasteiger partial charge on any atom is -0.342 e. The lowest BCUT2D eigenvalue weighted by atomic mass is 10.2. The van der Waals surface area contributed by atoms with E-state index in [1.165, 1.54) is 12.4 Å². The van der Waals surface area contributed by atoms with E-state index in [-0.39, 0.29) is 11.6 Å².